The zero-order chi connectivity index (χ0) is 11.6. The van der Waals surface area contributed by atoms with Crippen molar-refractivity contribution < 1.29 is 22.0 Å². The van der Waals surface area contributed by atoms with Gasteiger partial charge in [0.15, 0.2) is 0 Å². The van der Waals surface area contributed by atoms with E-state index in [0.717, 1.165) is 0 Å². The van der Waals surface area contributed by atoms with Crippen molar-refractivity contribution in [3.05, 3.63) is 0 Å². The Labute approximate surface area is 95.2 Å². The van der Waals surface area contributed by atoms with Gasteiger partial charge < -0.3 is 0 Å². The molecule has 14 heavy (non-hydrogen) atoms. The Morgan fingerprint density at radius 1 is 0.714 bits per heavy atom. The largest absolute Gasteiger partial charge is 0.286 e. The summed E-state index contributed by atoms with van der Waals surface area (Å²) < 4.78 is 65.0. The number of halogens is 9. The first kappa shape index (κ1) is 12.9. The highest BCUT2D eigenvalue weighted by Gasteiger charge is 2.88. The van der Waals surface area contributed by atoms with Crippen molar-refractivity contribution in [1.82, 2.24) is 0 Å². The van der Waals surface area contributed by atoms with Crippen LogP contribution in [0.2, 0.25) is 0 Å². The molecule has 1 saturated carbocycles. The van der Waals surface area contributed by atoms with Crippen LogP contribution in [0.25, 0.3) is 0 Å². The van der Waals surface area contributed by atoms with E-state index in [1.807, 2.05) is 0 Å². The summed E-state index contributed by atoms with van der Waals surface area (Å²) in [6.45, 7) is 0. The van der Waals surface area contributed by atoms with E-state index < -0.39 is 26.7 Å². The summed E-state index contributed by atoms with van der Waals surface area (Å²) in [6, 6.07) is 0. The van der Waals surface area contributed by atoms with Crippen molar-refractivity contribution in [2.45, 2.75) is 26.7 Å². The fraction of sp³-hybridized carbons (Fsp3) is 1.00. The second-order valence-electron chi connectivity index (χ2n) is 2.76. The zero-order valence-corrected chi connectivity index (χ0v) is 9.00. The van der Waals surface area contributed by atoms with Gasteiger partial charge in [-0.15, -0.1) is 0 Å². The lowest BCUT2D eigenvalue weighted by molar-refractivity contribution is 0.0223. The van der Waals surface area contributed by atoms with Crippen molar-refractivity contribution in [3.8, 4) is 0 Å². The first-order valence-corrected chi connectivity index (χ1v) is 4.57. The maximum Gasteiger partial charge on any atom is 0.286 e. The van der Waals surface area contributed by atoms with E-state index in [2.05, 4.69) is 46.4 Å². The van der Waals surface area contributed by atoms with Crippen LogP contribution in [-0.4, -0.2) is 26.7 Å². The van der Waals surface area contributed by atoms with Crippen LogP contribution in [0.4, 0.5) is 22.0 Å². The highest BCUT2D eigenvalue weighted by molar-refractivity contribution is 6.44. The topological polar surface area (TPSA) is 0 Å². The molecular weight excluding hydrogens is 297 g/mol. The third-order valence-electron chi connectivity index (χ3n) is 1.87. The van der Waals surface area contributed by atoms with E-state index in [-0.39, 0.29) is 0 Å². The molecule has 0 bridgehead atoms. The Balaban J connectivity index is 3.38. The SMILES string of the molecule is FC1[C@](F)(Cl)[C@](F)(Cl)[C@@](F)(Cl)[C@@]1(F)Cl. The lowest BCUT2D eigenvalue weighted by Crippen LogP contribution is -2.48. The van der Waals surface area contributed by atoms with Gasteiger partial charge in [0.1, 0.15) is 0 Å². The third-order valence-corrected chi connectivity index (χ3v) is 4.13. The van der Waals surface area contributed by atoms with Gasteiger partial charge in [-0.2, -0.15) is 0 Å². The molecule has 0 nitrogen and oxygen atoms in total. The standard InChI is InChI=1S/C5HCl4F5/c6-2(11)1(10)3(7,12)5(9,14)4(2,8)13/h1H/t2-,3-,4-,5-/m1/s1. The Hall–Kier alpha value is 0.810. The average Bonchev–Trinajstić information content (AvgIpc) is 2.05. The molecule has 1 rings (SSSR count). The van der Waals surface area contributed by atoms with E-state index in [0.29, 0.717) is 0 Å². The van der Waals surface area contributed by atoms with Crippen LogP contribution < -0.4 is 0 Å². The minimum atomic E-state index is -4.32. The van der Waals surface area contributed by atoms with E-state index in [4.69, 9.17) is 0 Å². The summed E-state index contributed by atoms with van der Waals surface area (Å²) >= 11 is 18.3. The molecular formula is C5HCl4F5. The van der Waals surface area contributed by atoms with Gasteiger partial charge >= 0.3 is 0 Å². The van der Waals surface area contributed by atoms with Gasteiger partial charge in [0.2, 0.25) is 6.17 Å². The van der Waals surface area contributed by atoms with Gasteiger partial charge in [-0.3, -0.25) is 0 Å². The maximum atomic E-state index is 13.1. The Morgan fingerprint density at radius 2 is 0.929 bits per heavy atom. The first-order valence-electron chi connectivity index (χ1n) is 3.06. The van der Waals surface area contributed by atoms with E-state index in [9.17, 15) is 22.0 Å². The predicted octanol–water partition coefficient (Wildman–Crippen LogP) is 3.96. The van der Waals surface area contributed by atoms with Gasteiger partial charge in [-0.25, -0.2) is 22.0 Å². The number of hydrogen-bond donors (Lipinski definition) is 0. The van der Waals surface area contributed by atoms with Gasteiger partial charge in [0.05, 0.1) is 0 Å². The summed E-state index contributed by atoms with van der Waals surface area (Å²) in [7, 11) is 0. The van der Waals surface area contributed by atoms with Crippen LogP contribution >= 0.6 is 46.4 Å². The van der Waals surface area contributed by atoms with Crippen LogP contribution in [-0.2, 0) is 0 Å². The van der Waals surface area contributed by atoms with Crippen molar-refractivity contribution in [2.24, 2.45) is 0 Å². The number of alkyl halides is 9. The van der Waals surface area contributed by atoms with Gasteiger partial charge in [0, 0.05) is 0 Å². The van der Waals surface area contributed by atoms with Crippen molar-refractivity contribution in [3.63, 3.8) is 0 Å². The Morgan fingerprint density at radius 3 is 1.00 bits per heavy atom. The van der Waals surface area contributed by atoms with Crippen LogP contribution in [0.5, 0.6) is 0 Å². The monoisotopic (exact) mass is 296 g/mol. The highest BCUT2D eigenvalue weighted by Crippen LogP contribution is 2.67. The molecule has 1 aliphatic rings. The highest BCUT2D eigenvalue weighted by atomic mass is 35.5. The molecule has 0 unspecified atom stereocenters. The lowest BCUT2D eigenvalue weighted by Gasteiger charge is -2.27. The van der Waals surface area contributed by atoms with Crippen molar-refractivity contribution >= 4 is 46.4 Å². The van der Waals surface area contributed by atoms with Gasteiger partial charge in [0.25, 0.3) is 20.5 Å². The van der Waals surface area contributed by atoms with Crippen LogP contribution in [0, 0.1) is 0 Å². The molecule has 0 aromatic carbocycles. The van der Waals surface area contributed by atoms with E-state index >= 15 is 0 Å². The molecule has 0 spiro atoms. The Bertz CT molecular complexity index is 237. The molecule has 9 heteroatoms. The molecule has 4 atom stereocenters. The summed E-state index contributed by atoms with van der Waals surface area (Å²) in [6.07, 6.45) is -3.55. The molecule has 0 aromatic heterocycles. The summed E-state index contributed by atoms with van der Waals surface area (Å²) in [5, 5.41) is -17.0. The van der Waals surface area contributed by atoms with E-state index in [1.54, 1.807) is 0 Å². The molecule has 1 fully saturated rings. The second kappa shape index (κ2) is 2.93. The summed E-state index contributed by atoms with van der Waals surface area (Å²) in [5.74, 6) is 0. The minimum Gasteiger partial charge on any atom is -0.237 e. The van der Waals surface area contributed by atoms with E-state index in [1.165, 1.54) is 0 Å². The molecule has 0 radical (unpaired) electrons. The molecule has 0 saturated heterocycles. The number of hydrogen-bond acceptors (Lipinski definition) is 0. The van der Waals surface area contributed by atoms with Gasteiger partial charge in [-0.1, -0.05) is 46.4 Å². The second-order valence-corrected chi connectivity index (χ2v) is 4.90. The number of rotatable bonds is 0. The van der Waals surface area contributed by atoms with Crippen molar-refractivity contribution in [2.75, 3.05) is 0 Å². The fourth-order valence-corrected chi connectivity index (χ4v) is 2.14. The van der Waals surface area contributed by atoms with Crippen LogP contribution in [0.3, 0.4) is 0 Å². The minimum absolute atomic E-state index is 3.55. The lowest BCUT2D eigenvalue weighted by atomic mass is 10.2. The average molecular weight is 298 g/mol. The smallest absolute Gasteiger partial charge is 0.237 e. The van der Waals surface area contributed by atoms with Crippen LogP contribution in [0.1, 0.15) is 0 Å². The molecule has 0 aliphatic heterocycles. The molecule has 0 N–H and O–H groups in total. The summed E-state index contributed by atoms with van der Waals surface area (Å²) in [4.78, 5) is 0. The van der Waals surface area contributed by atoms with Crippen LogP contribution in [0.15, 0.2) is 0 Å². The maximum absolute atomic E-state index is 13.1. The first-order chi connectivity index (χ1) is 5.90. The molecule has 0 amide bonds. The fourth-order valence-electron chi connectivity index (χ4n) is 0.965. The zero-order valence-electron chi connectivity index (χ0n) is 5.98. The third kappa shape index (κ3) is 1.13. The predicted molar refractivity (Wildman–Crippen MR) is 43.7 cm³/mol. The summed E-state index contributed by atoms with van der Waals surface area (Å²) in [5.41, 5.74) is 0. The Kier molecular flexibility index (Phi) is 2.70. The normalized spacial score (nSPS) is 60.6. The molecule has 1 aliphatic carbocycles. The quantitative estimate of drug-likeness (QED) is 0.469. The van der Waals surface area contributed by atoms with Gasteiger partial charge in [-0.05, 0) is 0 Å². The molecule has 0 aromatic rings. The molecule has 84 valence electrons. The van der Waals surface area contributed by atoms with Crippen molar-refractivity contribution in [1.29, 1.82) is 0 Å². The molecule has 0 heterocycles.